The second kappa shape index (κ2) is 6.68. The molecular weight excluding hydrogens is 282 g/mol. The van der Waals surface area contributed by atoms with Crippen LogP contribution in [0.4, 0.5) is 5.69 Å². The second-order valence-electron chi connectivity index (χ2n) is 5.14. The Morgan fingerprint density at radius 1 is 1.14 bits per heavy atom. The van der Waals surface area contributed by atoms with Crippen molar-refractivity contribution < 1.29 is 9.53 Å². The number of hydrogen-bond acceptors (Lipinski definition) is 3. The molecule has 0 aromatic heterocycles. The van der Waals surface area contributed by atoms with Gasteiger partial charge in [-0.25, -0.2) is 0 Å². The van der Waals surface area contributed by atoms with Crippen LogP contribution in [0.5, 0.6) is 5.75 Å². The number of ether oxygens (including phenoxy) is 1. The van der Waals surface area contributed by atoms with Gasteiger partial charge in [-0.05, 0) is 62.7 Å². The molecule has 2 aromatic rings. The summed E-state index contributed by atoms with van der Waals surface area (Å²) in [5.74, 6) is 0.650. The molecule has 0 aliphatic heterocycles. The number of carbonyl (C=O) groups excluding carboxylic acids is 1. The summed E-state index contributed by atoms with van der Waals surface area (Å²) < 4.78 is 5.57. The Hall–Kier alpha value is -1.94. The maximum atomic E-state index is 12.3. The molecule has 3 nitrogen and oxygen atoms in total. The monoisotopic (exact) mass is 301 g/mol. The average molecular weight is 301 g/mol. The Labute approximate surface area is 130 Å². The Kier molecular flexibility index (Phi) is 4.91. The number of anilines is 1. The van der Waals surface area contributed by atoms with Crippen molar-refractivity contribution in [3.05, 3.63) is 53.6 Å². The summed E-state index contributed by atoms with van der Waals surface area (Å²) >= 11 is 4.27. The molecule has 0 fully saturated rings. The third-order valence-corrected chi connectivity index (χ3v) is 3.23. The van der Waals surface area contributed by atoms with Gasteiger partial charge in [0.25, 0.3) is 5.91 Å². The van der Waals surface area contributed by atoms with Gasteiger partial charge >= 0.3 is 0 Å². The molecule has 0 spiro atoms. The molecule has 110 valence electrons. The van der Waals surface area contributed by atoms with Gasteiger partial charge in [-0.3, -0.25) is 4.79 Å². The van der Waals surface area contributed by atoms with Gasteiger partial charge < -0.3 is 10.1 Å². The first-order chi connectivity index (χ1) is 9.95. The van der Waals surface area contributed by atoms with E-state index in [1.165, 1.54) is 0 Å². The summed E-state index contributed by atoms with van der Waals surface area (Å²) in [4.78, 5) is 13.0. The lowest BCUT2D eigenvalue weighted by molar-refractivity contribution is 0.102. The molecule has 0 bridgehead atoms. The van der Waals surface area contributed by atoms with E-state index in [0.29, 0.717) is 5.56 Å². The second-order valence-corrected chi connectivity index (χ2v) is 5.66. The predicted molar refractivity (Wildman–Crippen MR) is 88.6 cm³/mol. The number of benzene rings is 2. The van der Waals surface area contributed by atoms with Crippen LogP contribution in [0.25, 0.3) is 0 Å². The van der Waals surface area contributed by atoms with Gasteiger partial charge in [0.05, 0.1) is 6.10 Å². The van der Waals surface area contributed by atoms with Crippen molar-refractivity contribution in [3.8, 4) is 5.75 Å². The van der Waals surface area contributed by atoms with Crippen LogP contribution in [0.2, 0.25) is 0 Å². The normalized spacial score (nSPS) is 10.5. The number of aryl methyl sites for hydroxylation is 1. The van der Waals surface area contributed by atoms with Crippen LogP contribution in [-0.4, -0.2) is 12.0 Å². The number of thiol groups is 1. The lowest BCUT2D eigenvalue weighted by atomic mass is 10.1. The molecule has 0 aliphatic rings. The minimum Gasteiger partial charge on any atom is -0.491 e. The van der Waals surface area contributed by atoms with Crippen molar-refractivity contribution in [1.29, 1.82) is 0 Å². The quantitative estimate of drug-likeness (QED) is 0.825. The number of rotatable bonds is 4. The fraction of sp³-hybridized carbons (Fsp3) is 0.235. The van der Waals surface area contributed by atoms with Gasteiger partial charge in [-0.2, -0.15) is 0 Å². The van der Waals surface area contributed by atoms with Crippen molar-refractivity contribution in [2.75, 3.05) is 5.32 Å². The molecule has 0 unspecified atom stereocenters. The largest absolute Gasteiger partial charge is 0.491 e. The summed E-state index contributed by atoms with van der Waals surface area (Å²) in [7, 11) is 0. The maximum Gasteiger partial charge on any atom is 0.255 e. The van der Waals surface area contributed by atoms with Crippen LogP contribution in [-0.2, 0) is 0 Å². The van der Waals surface area contributed by atoms with Crippen LogP contribution < -0.4 is 10.1 Å². The first-order valence-electron chi connectivity index (χ1n) is 6.83. The molecule has 4 heteroatoms. The van der Waals surface area contributed by atoms with E-state index in [4.69, 9.17) is 4.74 Å². The molecular formula is C17H19NO2S. The maximum absolute atomic E-state index is 12.3. The van der Waals surface area contributed by atoms with Crippen molar-refractivity contribution in [2.45, 2.75) is 31.8 Å². The summed E-state index contributed by atoms with van der Waals surface area (Å²) in [5.41, 5.74) is 2.29. The van der Waals surface area contributed by atoms with Crippen LogP contribution >= 0.6 is 12.6 Å². The molecule has 0 saturated carbocycles. The van der Waals surface area contributed by atoms with Crippen LogP contribution in [0.15, 0.2) is 47.4 Å². The van der Waals surface area contributed by atoms with Gasteiger partial charge in [0.2, 0.25) is 0 Å². The number of carbonyl (C=O) groups is 1. The zero-order valence-electron chi connectivity index (χ0n) is 12.4. The number of hydrogen-bond donors (Lipinski definition) is 2. The third kappa shape index (κ3) is 4.26. The van der Waals surface area contributed by atoms with E-state index in [1.807, 2.05) is 57.2 Å². The molecule has 1 N–H and O–H groups in total. The zero-order chi connectivity index (χ0) is 15.4. The third-order valence-electron chi connectivity index (χ3n) is 2.95. The lowest BCUT2D eigenvalue weighted by Gasteiger charge is -2.11. The van der Waals surface area contributed by atoms with Gasteiger partial charge in [-0.15, -0.1) is 12.6 Å². The van der Waals surface area contributed by atoms with E-state index in [2.05, 4.69) is 17.9 Å². The van der Waals surface area contributed by atoms with Crippen LogP contribution in [0, 0.1) is 6.92 Å². The Morgan fingerprint density at radius 3 is 2.43 bits per heavy atom. The highest BCUT2D eigenvalue weighted by Crippen LogP contribution is 2.19. The van der Waals surface area contributed by atoms with Gasteiger partial charge in [0.1, 0.15) is 5.75 Å². The van der Waals surface area contributed by atoms with Gasteiger partial charge in [-0.1, -0.05) is 6.07 Å². The molecule has 0 radical (unpaired) electrons. The highest BCUT2D eigenvalue weighted by atomic mass is 32.1. The molecule has 0 heterocycles. The molecule has 2 aromatic carbocycles. The van der Waals surface area contributed by atoms with Gasteiger partial charge in [0, 0.05) is 16.1 Å². The Balaban J connectivity index is 2.10. The SMILES string of the molecule is Cc1ccc(S)cc1C(=O)Nc1ccc(OC(C)C)cc1. The van der Waals surface area contributed by atoms with Crippen LogP contribution in [0.1, 0.15) is 29.8 Å². The van der Waals surface area contributed by atoms with E-state index in [-0.39, 0.29) is 12.0 Å². The van der Waals surface area contributed by atoms with E-state index >= 15 is 0 Å². The highest BCUT2D eigenvalue weighted by Gasteiger charge is 2.10. The molecule has 21 heavy (non-hydrogen) atoms. The molecule has 1 amide bonds. The van der Waals surface area contributed by atoms with E-state index < -0.39 is 0 Å². The fourth-order valence-electron chi connectivity index (χ4n) is 1.94. The zero-order valence-corrected chi connectivity index (χ0v) is 13.3. The Morgan fingerprint density at radius 2 is 1.81 bits per heavy atom. The smallest absolute Gasteiger partial charge is 0.255 e. The van der Waals surface area contributed by atoms with E-state index in [1.54, 1.807) is 6.07 Å². The van der Waals surface area contributed by atoms with Crippen molar-refractivity contribution >= 4 is 24.2 Å². The minimum absolute atomic E-state index is 0.131. The molecule has 2 rings (SSSR count). The predicted octanol–water partition coefficient (Wildman–Crippen LogP) is 4.32. The van der Waals surface area contributed by atoms with Crippen molar-refractivity contribution in [3.63, 3.8) is 0 Å². The Bertz CT molecular complexity index is 636. The topological polar surface area (TPSA) is 38.3 Å². The van der Waals surface area contributed by atoms with Crippen molar-refractivity contribution in [2.24, 2.45) is 0 Å². The minimum atomic E-state index is -0.138. The lowest BCUT2D eigenvalue weighted by Crippen LogP contribution is -2.13. The van der Waals surface area contributed by atoms with E-state index in [0.717, 1.165) is 21.9 Å². The molecule has 0 aliphatic carbocycles. The summed E-state index contributed by atoms with van der Waals surface area (Å²) in [6.45, 7) is 5.85. The van der Waals surface area contributed by atoms with E-state index in [9.17, 15) is 4.79 Å². The van der Waals surface area contributed by atoms with Crippen LogP contribution in [0.3, 0.4) is 0 Å². The summed E-state index contributed by atoms with van der Waals surface area (Å²) in [6, 6.07) is 12.9. The number of amides is 1. The van der Waals surface area contributed by atoms with Crippen molar-refractivity contribution in [1.82, 2.24) is 0 Å². The van der Waals surface area contributed by atoms with Gasteiger partial charge in [0.15, 0.2) is 0 Å². The first-order valence-corrected chi connectivity index (χ1v) is 7.28. The number of nitrogens with one attached hydrogen (secondary N) is 1. The molecule has 0 saturated heterocycles. The summed E-state index contributed by atoms with van der Waals surface area (Å²) in [5, 5.41) is 2.88. The summed E-state index contributed by atoms with van der Waals surface area (Å²) in [6.07, 6.45) is 0.131. The molecule has 0 atom stereocenters. The standard InChI is InChI=1S/C17H19NO2S/c1-11(2)20-14-7-5-13(6-8-14)18-17(19)16-10-15(21)9-4-12(16)3/h4-11,21H,1-3H3,(H,18,19). The first kappa shape index (κ1) is 15.4. The average Bonchev–Trinajstić information content (AvgIpc) is 2.43. The fourth-order valence-corrected chi connectivity index (χ4v) is 2.15. The highest BCUT2D eigenvalue weighted by molar-refractivity contribution is 7.80.